The van der Waals surface area contributed by atoms with E-state index < -0.39 is 0 Å². The van der Waals surface area contributed by atoms with Crippen LogP contribution in [0, 0.1) is 22.7 Å². The lowest BCUT2D eigenvalue weighted by atomic mass is 10.3. The van der Waals surface area contributed by atoms with Gasteiger partial charge in [-0.15, -0.1) is 0 Å². The fourth-order valence-corrected chi connectivity index (χ4v) is 1.31. The highest BCUT2D eigenvalue weighted by Crippen LogP contribution is 2.14. The van der Waals surface area contributed by atoms with Crippen molar-refractivity contribution in [3.8, 4) is 18.0 Å². The maximum absolute atomic E-state index is 8.95. The van der Waals surface area contributed by atoms with Gasteiger partial charge in [0.05, 0.1) is 0 Å². The van der Waals surface area contributed by atoms with Crippen LogP contribution in [0.4, 0.5) is 11.8 Å². The maximum atomic E-state index is 8.95. The third-order valence-corrected chi connectivity index (χ3v) is 1.98. The molecule has 0 aliphatic rings. The number of nitriles is 2. The largest absolute Gasteiger partial charge is 0.383 e. The van der Waals surface area contributed by atoms with Crippen LogP contribution in [-0.2, 0) is 0 Å². The molecule has 0 aliphatic heterocycles. The molecule has 0 unspecified atom stereocenters. The van der Waals surface area contributed by atoms with E-state index >= 15 is 0 Å². The molecule has 82 valence electrons. The molecule has 2 aromatic rings. The molecule has 8 nitrogen and oxygen atoms in total. The highest BCUT2D eigenvalue weighted by Gasteiger charge is 2.13. The Labute approximate surface area is 95.8 Å². The zero-order chi connectivity index (χ0) is 12.4. The maximum Gasteiger partial charge on any atom is 0.223 e. The van der Waals surface area contributed by atoms with Gasteiger partial charge in [0.25, 0.3) is 0 Å². The first-order chi connectivity index (χ1) is 8.15. The summed E-state index contributed by atoms with van der Waals surface area (Å²) in [5, 5.41) is 17.7. The van der Waals surface area contributed by atoms with Crippen LogP contribution in [0.1, 0.15) is 11.4 Å². The minimum atomic E-state index is -0.0175. The molecule has 2 aromatic heterocycles. The van der Waals surface area contributed by atoms with Crippen molar-refractivity contribution in [3.05, 3.63) is 23.8 Å². The molecule has 0 aromatic carbocycles. The summed E-state index contributed by atoms with van der Waals surface area (Å²) >= 11 is 0. The molecule has 2 rings (SSSR count). The molecule has 0 aliphatic carbocycles. The summed E-state index contributed by atoms with van der Waals surface area (Å²) in [5.74, 6) is 0.445. The van der Waals surface area contributed by atoms with Crippen LogP contribution in [0.2, 0.25) is 0 Å². The van der Waals surface area contributed by atoms with E-state index in [1.807, 2.05) is 6.07 Å². The van der Waals surface area contributed by atoms with E-state index in [0.29, 0.717) is 5.82 Å². The van der Waals surface area contributed by atoms with Gasteiger partial charge in [-0.3, -0.25) is 4.57 Å². The number of anilines is 2. The Morgan fingerprint density at radius 2 is 1.94 bits per heavy atom. The summed E-state index contributed by atoms with van der Waals surface area (Å²) in [7, 11) is 0. The number of nitrogen functional groups attached to an aromatic ring is 2. The molecule has 4 N–H and O–H groups in total. The summed E-state index contributed by atoms with van der Waals surface area (Å²) < 4.78 is 1.33. The van der Waals surface area contributed by atoms with Crippen LogP contribution in [0.15, 0.2) is 12.4 Å². The second-order valence-electron chi connectivity index (χ2n) is 3.04. The Kier molecular flexibility index (Phi) is 2.32. The first-order valence-corrected chi connectivity index (χ1v) is 4.43. The lowest BCUT2D eigenvalue weighted by Crippen LogP contribution is -2.06. The number of aromatic nitrogens is 4. The molecule has 0 bridgehead atoms. The van der Waals surface area contributed by atoms with Crippen molar-refractivity contribution in [1.82, 2.24) is 19.5 Å². The number of nitrogens with two attached hydrogens (primary N) is 2. The van der Waals surface area contributed by atoms with E-state index in [0.717, 1.165) is 0 Å². The number of hydrogen-bond acceptors (Lipinski definition) is 7. The predicted molar refractivity (Wildman–Crippen MR) is 57.4 cm³/mol. The molecule has 0 fully saturated rings. The molecule has 2 heterocycles. The summed E-state index contributed by atoms with van der Waals surface area (Å²) in [5.41, 5.74) is 11.0. The fraction of sp³-hybridized carbons (Fsp3) is 0. The highest BCUT2D eigenvalue weighted by molar-refractivity contribution is 5.47. The lowest BCUT2D eigenvalue weighted by molar-refractivity contribution is 0.966. The van der Waals surface area contributed by atoms with Crippen molar-refractivity contribution >= 4 is 11.8 Å². The predicted octanol–water partition coefficient (Wildman–Crippen LogP) is -0.430. The molecule has 0 spiro atoms. The third-order valence-electron chi connectivity index (χ3n) is 1.98. The van der Waals surface area contributed by atoms with Crippen LogP contribution in [0.5, 0.6) is 0 Å². The van der Waals surface area contributed by atoms with Crippen LogP contribution in [-0.4, -0.2) is 19.5 Å². The zero-order valence-corrected chi connectivity index (χ0v) is 8.49. The van der Waals surface area contributed by atoms with Crippen LogP contribution >= 0.6 is 0 Å². The standard InChI is InChI=1S/C9H6N8/c10-2-5-6(3-11)17(4-14-5)8-1-7(12)15-9(13)16-8/h1,4H,(H4,12,13,15,16). The van der Waals surface area contributed by atoms with E-state index in [1.165, 1.54) is 17.0 Å². The monoisotopic (exact) mass is 226 g/mol. The fourth-order valence-electron chi connectivity index (χ4n) is 1.31. The SMILES string of the molecule is N#Cc1ncn(-c2cc(N)nc(N)n2)c1C#N. The van der Waals surface area contributed by atoms with Gasteiger partial charge in [0.2, 0.25) is 5.95 Å². The minimum Gasteiger partial charge on any atom is -0.383 e. The average Bonchev–Trinajstić information content (AvgIpc) is 2.70. The van der Waals surface area contributed by atoms with Gasteiger partial charge in [-0.05, 0) is 0 Å². The molecular weight excluding hydrogens is 220 g/mol. The van der Waals surface area contributed by atoms with Crippen LogP contribution in [0.25, 0.3) is 5.82 Å². The Balaban J connectivity index is 2.66. The number of nitrogens with zero attached hydrogens (tertiary/aromatic N) is 6. The highest BCUT2D eigenvalue weighted by atomic mass is 15.2. The zero-order valence-electron chi connectivity index (χ0n) is 8.49. The number of imidazole rings is 1. The molecule has 8 heteroatoms. The molecule has 0 radical (unpaired) electrons. The number of rotatable bonds is 1. The Morgan fingerprint density at radius 1 is 1.18 bits per heavy atom. The third kappa shape index (κ3) is 1.70. The van der Waals surface area contributed by atoms with E-state index in [9.17, 15) is 0 Å². The van der Waals surface area contributed by atoms with Crippen molar-refractivity contribution in [2.24, 2.45) is 0 Å². The summed E-state index contributed by atoms with van der Waals surface area (Å²) in [6, 6.07) is 5.10. The van der Waals surface area contributed by atoms with Crippen LogP contribution in [0.3, 0.4) is 0 Å². The van der Waals surface area contributed by atoms with Gasteiger partial charge in [-0.25, -0.2) is 4.98 Å². The van der Waals surface area contributed by atoms with Gasteiger partial charge in [-0.1, -0.05) is 0 Å². The second kappa shape index (κ2) is 3.79. The Bertz CT molecular complexity index is 636. The Morgan fingerprint density at radius 3 is 2.53 bits per heavy atom. The van der Waals surface area contributed by atoms with E-state index in [4.69, 9.17) is 22.0 Å². The van der Waals surface area contributed by atoms with E-state index in [2.05, 4.69) is 15.0 Å². The summed E-state index contributed by atoms with van der Waals surface area (Å²) in [4.78, 5) is 11.4. The van der Waals surface area contributed by atoms with Crippen molar-refractivity contribution in [1.29, 1.82) is 10.5 Å². The first-order valence-electron chi connectivity index (χ1n) is 4.43. The van der Waals surface area contributed by atoms with Gasteiger partial charge < -0.3 is 11.5 Å². The van der Waals surface area contributed by atoms with Crippen molar-refractivity contribution < 1.29 is 0 Å². The van der Waals surface area contributed by atoms with Gasteiger partial charge >= 0.3 is 0 Å². The van der Waals surface area contributed by atoms with Crippen molar-refractivity contribution in [2.75, 3.05) is 11.5 Å². The first kappa shape index (κ1) is 10.4. The molecule has 0 saturated carbocycles. The Hall–Kier alpha value is -3.13. The normalized spacial score (nSPS) is 9.53. The summed E-state index contributed by atoms with van der Waals surface area (Å²) in [6.07, 6.45) is 1.30. The van der Waals surface area contributed by atoms with E-state index in [1.54, 1.807) is 6.07 Å². The second-order valence-corrected chi connectivity index (χ2v) is 3.04. The molecule has 0 saturated heterocycles. The average molecular weight is 226 g/mol. The van der Waals surface area contributed by atoms with Crippen molar-refractivity contribution in [2.45, 2.75) is 0 Å². The van der Waals surface area contributed by atoms with Gasteiger partial charge in [0.1, 0.15) is 30.1 Å². The lowest BCUT2D eigenvalue weighted by Gasteiger charge is -2.04. The topological polar surface area (TPSA) is 143 Å². The van der Waals surface area contributed by atoms with Gasteiger partial charge in [-0.2, -0.15) is 20.5 Å². The van der Waals surface area contributed by atoms with Gasteiger partial charge in [0, 0.05) is 6.07 Å². The van der Waals surface area contributed by atoms with Crippen LogP contribution < -0.4 is 11.5 Å². The van der Waals surface area contributed by atoms with E-state index in [-0.39, 0.29) is 23.2 Å². The molecular formula is C9H6N8. The smallest absolute Gasteiger partial charge is 0.223 e. The quantitative estimate of drug-likeness (QED) is 0.671. The minimum absolute atomic E-state index is 0.0169. The summed E-state index contributed by atoms with van der Waals surface area (Å²) in [6.45, 7) is 0. The molecule has 0 atom stereocenters. The molecule has 0 amide bonds. The molecule has 17 heavy (non-hydrogen) atoms. The van der Waals surface area contributed by atoms with Gasteiger partial charge in [0.15, 0.2) is 11.4 Å². The van der Waals surface area contributed by atoms with Crippen molar-refractivity contribution in [3.63, 3.8) is 0 Å². The number of hydrogen-bond donors (Lipinski definition) is 2.